The van der Waals surface area contributed by atoms with Gasteiger partial charge in [-0.05, 0) is 31.5 Å². The molecular formula is C26H26FN5O5. The minimum atomic E-state index is -0.947. The highest BCUT2D eigenvalue weighted by molar-refractivity contribution is 6.02. The second-order valence-electron chi connectivity index (χ2n) is 9.48. The Balaban J connectivity index is 1.88. The molecule has 10 nitrogen and oxygen atoms in total. The lowest BCUT2D eigenvalue weighted by Crippen LogP contribution is -2.38. The van der Waals surface area contributed by atoms with Gasteiger partial charge in [0.2, 0.25) is 0 Å². The minimum Gasteiger partial charge on any atom is -0.505 e. The molecule has 2 aromatic heterocycles. The zero-order chi connectivity index (χ0) is 26.9. The molecule has 192 valence electrons. The van der Waals surface area contributed by atoms with E-state index in [0.717, 1.165) is 5.56 Å². The summed E-state index contributed by atoms with van der Waals surface area (Å²) in [4.78, 5) is 43.3. The minimum absolute atomic E-state index is 0.0202. The van der Waals surface area contributed by atoms with Crippen molar-refractivity contribution in [3.05, 3.63) is 63.3 Å². The van der Waals surface area contributed by atoms with E-state index in [1.807, 2.05) is 0 Å². The second kappa shape index (κ2) is 9.89. The van der Waals surface area contributed by atoms with E-state index >= 15 is 0 Å². The average Bonchev–Trinajstić information content (AvgIpc) is 3.09. The van der Waals surface area contributed by atoms with E-state index in [1.54, 1.807) is 26.0 Å². The van der Waals surface area contributed by atoms with E-state index in [0.29, 0.717) is 5.56 Å². The first-order chi connectivity index (χ1) is 17.6. The van der Waals surface area contributed by atoms with E-state index in [9.17, 15) is 29.1 Å². The molecule has 3 aromatic rings. The molecule has 37 heavy (non-hydrogen) atoms. The third-order valence-electron chi connectivity index (χ3n) is 6.21. The van der Waals surface area contributed by atoms with Crippen molar-refractivity contribution in [3.8, 4) is 17.6 Å². The molecule has 1 aliphatic heterocycles. The van der Waals surface area contributed by atoms with Crippen LogP contribution in [-0.2, 0) is 17.8 Å². The maximum absolute atomic E-state index is 13.5. The Hall–Kier alpha value is -4.46. The Bertz CT molecular complexity index is 1490. The SMILES string of the molecule is CNC(=O)C1CCn2c(=O)c(C(=O)NCC(C)(C)C#N)c(O)c3ncc(Cc4ccc(F)cc4)c(c32)O1. The van der Waals surface area contributed by atoms with Crippen LogP contribution >= 0.6 is 0 Å². The maximum Gasteiger partial charge on any atom is 0.267 e. The number of ether oxygens (including phenoxy) is 1. The summed E-state index contributed by atoms with van der Waals surface area (Å²) in [5.41, 5.74) is -0.820. The zero-order valence-electron chi connectivity index (χ0n) is 20.6. The fourth-order valence-electron chi connectivity index (χ4n) is 4.12. The van der Waals surface area contributed by atoms with Crippen molar-refractivity contribution in [2.24, 2.45) is 5.41 Å². The summed E-state index contributed by atoms with van der Waals surface area (Å²) in [6.45, 7) is 3.23. The van der Waals surface area contributed by atoms with Crippen molar-refractivity contribution in [2.45, 2.75) is 39.3 Å². The van der Waals surface area contributed by atoms with Crippen molar-refractivity contribution in [1.29, 1.82) is 5.26 Å². The largest absolute Gasteiger partial charge is 0.505 e. The summed E-state index contributed by atoms with van der Waals surface area (Å²) in [5.74, 6) is -2.09. The lowest BCUT2D eigenvalue weighted by Gasteiger charge is -2.19. The number of nitrogens with zero attached hydrogens (tertiary/aromatic N) is 3. The summed E-state index contributed by atoms with van der Waals surface area (Å²) in [7, 11) is 1.47. The highest BCUT2D eigenvalue weighted by Gasteiger charge is 2.32. The van der Waals surface area contributed by atoms with E-state index < -0.39 is 46.0 Å². The Kier molecular flexibility index (Phi) is 6.85. The predicted molar refractivity (Wildman–Crippen MR) is 132 cm³/mol. The van der Waals surface area contributed by atoms with Gasteiger partial charge in [0.15, 0.2) is 17.6 Å². The number of carbonyl (C=O) groups is 2. The van der Waals surface area contributed by atoms with Crippen LogP contribution < -0.4 is 20.9 Å². The van der Waals surface area contributed by atoms with Crippen LogP contribution in [0.3, 0.4) is 0 Å². The molecule has 0 spiro atoms. The van der Waals surface area contributed by atoms with Crippen LogP contribution in [0.2, 0.25) is 0 Å². The predicted octanol–water partition coefficient (Wildman–Crippen LogP) is 2.01. The average molecular weight is 508 g/mol. The van der Waals surface area contributed by atoms with Crippen LogP contribution in [0.4, 0.5) is 4.39 Å². The van der Waals surface area contributed by atoms with Crippen LogP contribution in [-0.4, -0.2) is 46.2 Å². The lowest BCUT2D eigenvalue weighted by atomic mass is 9.96. The Morgan fingerprint density at radius 1 is 1.32 bits per heavy atom. The molecule has 1 aliphatic rings. The fourth-order valence-corrected chi connectivity index (χ4v) is 4.12. The fraction of sp³-hybridized carbons (Fsp3) is 0.346. The van der Waals surface area contributed by atoms with Crippen LogP contribution in [0.15, 0.2) is 35.3 Å². The number of nitriles is 1. The molecule has 11 heteroatoms. The molecule has 1 aromatic carbocycles. The van der Waals surface area contributed by atoms with Crippen LogP contribution in [0.1, 0.15) is 41.8 Å². The zero-order valence-corrected chi connectivity index (χ0v) is 20.6. The van der Waals surface area contributed by atoms with Crippen molar-refractivity contribution < 1.29 is 23.8 Å². The van der Waals surface area contributed by atoms with Gasteiger partial charge in [-0.25, -0.2) is 4.39 Å². The molecule has 0 radical (unpaired) electrons. The number of likely N-dealkylation sites (N-methyl/N-ethyl adjacent to an activating group) is 1. The van der Waals surface area contributed by atoms with Crippen molar-refractivity contribution in [2.75, 3.05) is 13.6 Å². The third-order valence-corrected chi connectivity index (χ3v) is 6.21. The molecule has 0 aliphatic carbocycles. The number of pyridine rings is 2. The summed E-state index contributed by atoms with van der Waals surface area (Å²) in [6.07, 6.45) is 0.853. The van der Waals surface area contributed by atoms with Gasteiger partial charge in [0.25, 0.3) is 17.4 Å². The monoisotopic (exact) mass is 507 g/mol. The van der Waals surface area contributed by atoms with E-state index in [4.69, 9.17) is 4.74 Å². The van der Waals surface area contributed by atoms with Gasteiger partial charge >= 0.3 is 0 Å². The van der Waals surface area contributed by atoms with Gasteiger partial charge in [-0.15, -0.1) is 0 Å². The normalized spacial score (nSPS) is 14.8. The second-order valence-corrected chi connectivity index (χ2v) is 9.48. The molecule has 1 atom stereocenters. The molecule has 3 N–H and O–H groups in total. The maximum atomic E-state index is 13.5. The summed E-state index contributed by atoms with van der Waals surface area (Å²) in [5, 5.41) is 25.3. The third kappa shape index (κ3) is 4.95. The van der Waals surface area contributed by atoms with Crippen LogP contribution in [0, 0.1) is 22.6 Å². The number of aryl methyl sites for hydroxylation is 1. The van der Waals surface area contributed by atoms with E-state index in [-0.39, 0.29) is 42.7 Å². The lowest BCUT2D eigenvalue weighted by molar-refractivity contribution is -0.127. The molecule has 0 saturated carbocycles. The van der Waals surface area contributed by atoms with Gasteiger partial charge in [-0.2, -0.15) is 5.26 Å². The van der Waals surface area contributed by atoms with Crippen molar-refractivity contribution >= 4 is 22.8 Å². The first-order valence-electron chi connectivity index (χ1n) is 11.7. The molecule has 0 fully saturated rings. The first-order valence-corrected chi connectivity index (χ1v) is 11.7. The highest BCUT2D eigenvalue weighted by atomic mass is 19.1. The quantitative estimate of drug-likeness (QED) is 0.463. The van der Waals surface area contributed by atoms with Gasteiger partial charge in [-0.1, -0.05) is 12.1 Å². The molecule has 0 saturated heterocycles. The number of nitrogens with one attached hydrogen (secondary N) is 2. The smallest absolute Gasteiger partial charge is 0.267 e. The topological polar surface area (TPSA) is 146 Å². The summed E-state index contributed by atoms with van der Waals surface area (Å²) in [6, 6.07) is 7.88. The van der Waals surface area contributed by atoms with Crippen molar-refractivity contribution in [1.82, 2.24) is 20.2 Å². The first kappa shape index (κ1) is 25.6. The molecule has 1 unspecified atom stereocenters. The van der Waals surface area contributed by atoms with Gasteiger partial charge in [0.1, 0.15) is 22.4 Å². The van der Waals surface area contributed by atoms with Gasteiger partial charge in [0.05, 0.1) is 11.5 Å². The number of hydrogen-bond donors (Lipinski definition) is 3. The number of amides is 2. The number of halogens is 1. The van der Waals surface area contributed by atoms with Crippen molar-refractivity contribution in [3.63, 3.8) is 0 Å². The summed E-state index contributed by atoms with van der Waals surface area (Å²) >= 11 is 0. The van der Waals surface area contributed by atoms with Gasteiger partial charge in [0, 0.05) is 44.7 Å². The molecule has 2 amide bonds. The Labute approximate surface area is 211 Å². The van der Waals surface area contributed by atoms with Crippen LogP contribution in [0.25, 0.3) is 11.0 Å². The van der Waals surface area contributed by atoms with E-state index in [2.05, 4.69) is 21.7 Å². The molecule has 4 rings (SSSR count). The number of rotatable bonds is 6. The number of benzene rings is 1. The van der Waals surface area contributed by atoms with Gasteiger partial charge < -0.3 is 25.0 Å². The number of aromatic nitrogens is 2. The highest BCUT2D eigenvalue weighted by Crippen LogP contribution is 2.37. The Morgan fingerprint density at radius 3 is 2.68 bits per heavy atom. The number of aromatic hydroxyl groups is 1. The molecule has 0 bridgehead atoms. The van der Waals surface area contributed by atoms with Crippen LogP contribution in [0.5, 0.6) is 11.5 Å². The van der Waals surface area contributed by atoms with Gasteiger partial charge in [-0.3, -0.25) is 19.4 Å². The standard InChI is InChI=1S/C26H26FN5O5/c1-26(2,12-28)13-31-24(35)18-21(33)19-20-22(15(11-30-19)10-14-4-6-16(27)7-5-14)37-17(23(34)29-3)8-9-32(20)25(18)36/h4-7,11,17,33H,8-10,13H2,1-3H3,(H,29,34)(H,31,35). The van der Waals surface area contributed by atoms with E-state index in [1.165, 1.54) is 29.9 Å². The molecule has 3 heterocycles. The number of carbonyl (C=O) groups excluding carboxylic acids is 2. The summed E-state index contributed by atoms with van der Waals surface area (Å²) < 4.78 is 20.8. The molecular weight excluding hydrogens is 481 g/mol. The number of hydrogen-bond acceptors (Lipinski definition) is 7. The Morgan fingerprint density at radius 2 is 2.03 bits per heavy atom.